The molecule has 2 aromatic heterocycles. The number of amides is 2. The van der Waals surface area contributed by atoms with Crippen molar-refractivity contribution in [2.75, 3.05) is 18.4 Å². The number of aromatic amines is 1. The van der Waals surface area contributed by atoms with Crippen molar-refractivity contribution in [1.82, 2.24) is 20.1 Å². The molecule has 1 aromatic carbocycles. The first-order chi connectivity index (χ1) is 14.8. The topological polar surface area (TPSA) is 91.0 Å². The highest BCUT2D eigenvalue weighted by Crippen LogP contribution is 2.24. The molecular formula is C21H18F3N5O2. The second-order valence-electron chi connectivity index (χ2n) is 7.33. The predicted molar refractivity (Wildman–Crippen MR) is 106 cm³/mol. The van der Waals surface area contributed by atoms with E-state index in [0.717, 1.165) is 5.56 Å². The number of hydrogen-bond donors (Lipinski definition) is 2. The zero-order valence-electron chi connectivity index (χ0n) is 16.5. The van der Waals surface area contributed by atoms with Gasteiger partial charge in [-0.2, -0.15) is 5.10 Å². The van der Waals surface area contributed by atoms with Gasteiger partial charge >= 0.3 is 0 Å². The van der Waals surface area contributed by atoms with Gasteiger partial charge in [0.2, 0.25) is 5.91 Å². The summed E-state index contributed by atoms with van der Waals surface area (Å²) in [6.07, 6.45) is 1.97. The standard InChI is InChI=1S/C21H18F3N5O2/c1-11-4-6-25-28-19(11)16-2-3-17(27-16)21(31)29-7-5-12(10-29)20(30)26-13-8-14(22)18(24)15(23)9-13/h2-4,6,8-9,12,27H,5,7,10H2,1H3,(H,26,30). The summed E-state index contributed by atoms with van der Waals surface area (Å²) in [6, 6.07) is 6.62. The Balaban J connectivity index is 1.41. The number of nitrogens with zero attached hydrogens (tertiary/aromatic N) is 3. The van der Waals surface area contributed by atoms with Crippen LogP contribution in [0.25, 0.3) is 11.4 Å². The summed E-state index contributed by atoms with van der Waals surface area (Å²) in [5.74, 6) is -5.71. The van der Waals surface area contributed by atoms with E-state index in [9.17, 15) is 22.8 Å². The van der Waals surface area contributed by atoms with E-state index in [2.05, 4.69) is 20.5 Å². The second-order valence-corrected chi connectivity index (χ2v) is 7.33. The Labute approximate surface area is 175 Å². The number of aryl methyl sites for hydroxylation is 1. The fourth-order valence-electron chi connectivity index (χ4n) is 3.52. The molecule has 7 nitrogen and oxygen atoms in total. The van der Waals surface area contributed by atoms with Gasteiger partial charge in [-0.15, -0.1) is 5.10 Å². The van der Waals surface area contributed by atoms with Crippen LogP contribution in [0.2, 0.25) is 0 Å². The van der Waals surface area contributed by atoms with Gasteiger partial charge in [0.1, 0.15) is 11.4 Å². The van der Waals surface area contributed by atoms with Crippen LogP contribution in [0.4, 0.5) is 18.9 Å². The first-order valence-corrected chi connectivity index (χ1v) is 9.56. The lowest BCUT2D eigenvalue weighted by Gasteiger charge is -2.16. The van der Waals surface area contributed by atoms with Crippen LogP contribution in [0, 0.1) is 30.3 Å². The molecule has 31 heavy (non-hydrogen) atoms. The zero-order chi connectivity index (χ0) is 22.1. The first kappa shape index (κ1) is 20.6. The molecule has 10 heteroatoms. The van der Waals surface area contributed by atoms with Gasteiger partial charge in [-0.25, -0.2) is 13.2 Å². The van der Waals surface area contributed by atoms with E-state index in [-0.39, 0.29) is 18.1 Å². The average molecular weight is 429 g/mol. The third-order valence-electron chi connectivity index (χ3n) is 5.19. The summed E-state index contributed by atoms with van der Waals surface area (Å²) in [7, 11) is 0. The number of carbonyl (C=O) groups excluding carboxylic acids is 2. The Morgan fingerprint density at radius 1 is 1.16 bits per heavy atom. The van der Waals surface area contributed by atoms with Crippen molar-refractivity contribution in [2.45, 2.75) is 13.3 Å². The number of H-pyrrole nitrogens is 1. The summed E-state index contributed by atoms with van der Waals surface area (Å²) in [4.78, 5) is 29.8. The van der Waals surface area contributed by atoms with E-state index in [1.165, 1.54) is 4.90 Å². The molecule has 1 aliphatic rings. The molecule has 0 saturated carbocycles. The van der Waals surface area contributed by atoms with E-state index < -0.39 is 29.3 Å². The van der Waals surface area contributed by atoms with E-state index in [4.69, 9.17) is 0 Å². The van der Waals surface area contributed by atoms with Crippen LogP contribution in [-0.2, 0) is 4.79 Å². The molecular weight excluding hydrogens is 411 g/mol. The van der Waals surface area contributed by atoms with Crippen molar-refractivity contribution in [3.63, 3.8) is 0 Å². The smallest absolute Gasteiger partial charge is 0.270 e. The van der Waals surface area contributed by atoms with Gasteiger partial charge in [0.15, 0.2) is 17.5 Å². The largest absolute Gasteiger partial charge is 0.349 e. The fraction of sp³-hybridized carbons (Fsp3) is 0.238. The highest BCUT2D eigenvalue weighted by Gasteiger charge is 2.32. The Hall–Kier alpha value is -3.69. The normalized spacial score (nSPS) is 15.9. The van der Waals surface area contributed by atoms with Gasteiger partial charge in [-0.3, -0.25) is 9.59 Å². The molecule has 4 rings (SSSR count). The molecule has 160 valence electrons. The summed E-state index contributed by atoms with van der Waals surface area (Å²) in [5, 5.41) is 10.3. The van der Waals surface area contributed by atoms with Gasteiger partial charge in [-0.1, -0.05) is 0 Å². The molecule has 0 radical (unpaired) electrons. The van der Waals surface area contributed by atoms with E-state index in [1.807, 2.05) is 13.0 Å². The van der Waals surface area contributed by atoms with Crippen molar-refractivity contribution < 1.29 is 22.8 Å². The molecule has 1 aliphatic heterocycles. The van der Waals surface area contributed by atoms with Crippen LogP contribution in [0.5, 0.6) is 0 Å². The summed E-state index contributed by atoms with van der Waals surface area (Å²) in [5.41, 5.74) is 2.37. The molecule has 3 aromatic rings. The lowest BCUT2D eigenvalue weighted by molar-refractivity contribution is -0.119. The SMILES string of the molecule is Cc1ccnnc1-c1ccc(C(=O)N2CCC(C(=O)Nc3cc(F)c(F)c(F)c3)C2)[nH]1. The number of hydrogen-bond acceptors (Lipinski definition) is 4. The summed E-state index contributed by atoms with van der Waals surface area (Å²) in [6.45, 7) is 2.38. The number of rotatable bonds is 4. The Kier molecular flexibility index (Phi) is 5.45. The minimum atomic E-state index is -1.60. The van der Waals surface area contributed by atoms with Crippen molar-refractivity contribution in [3.05, 3.63) is 65.2 Å². The van der Waals surface area contributed by atoms with Crippen molar-refractivity contribution in [3.8, 4) is 11.4 Å². The maximum absolute atomic E-state index is 13.3. The third kappa shape index (κ3) is 4.14. The Morgan fingerprint density at radius 3 is 2.61 bits per heavy atom. The molecule has 0 bridgehead atoms. The number of benzene rings is 1. The van der Waals surface area contributed by atoms with Crippen LogP contribution in [-0.4, -0.2) is 45.0 Å². The van der Waals surface area contributed by atoms with Gasteiger partial charge in [0.25, 0.3) is 5.91 Å². The molecule has 2 amide bonds. The van der Waals surface area contributed by atoms with E-state index in [0.29, 0.717) is 42.2 Å². The molecule has 3 heterocycles. The molecule has 1 fully saturated rings. The number of halogens is 3. The van der Waals surface area contributed by atoms with Crippen molar-refractivity contribution in [1.29, 1.82) is 0 Å². The monoisotopic (exact) mass is 429 g/mol. The number of carbonyl (C=O) groups is 2. The second kappa shape index (κ2) is 8.21. The minimum absolute atomic E-state index is 0.148. The predicted octanol–water partition coefficient (Wildman–Crippen LogP) is 3.30. The molecule has 1 unspecified atom stereocenters. The Morgan fingerprint density at radius 2 is 1.90 bits per heavy atom. The van der Waals surface area contributed by atoms with Crippen LogP contribution in [0.15, 0.2) is 36.5 Å². The van der Waals surface area contributed by atoms with E-state index >= 15 is 0 Å². The van der Waals surface area contributed by atoms with Crippen molar-refractivity contribution >= 4 is 17.5 Å². The fourth-order valence-corrected chi connectivity index (χ4v) is 3.52. The first-order valence-electron chi connectivity index (χ1n) is 9.56. The number of anilines is 1. The lowest BCUT2D eigenvalue weighted by atomic mass is 10.1. The van der Waals surface area contributed by atoms with Crippen LogP contribution in [0.1, 0.15) is 22.5 Å². The number of likely N-dealkylation sites (tertiary alicyclic amines) is 1. The highest BCUT2D eigenvalue weighted by molar-refractivity contribution is 5.96. The summed E-state index contributed by atoms with van der Waals surface area (Å²) < 4.78 is 39.7. The molecule has 1 saturated heterocycles. The van der Waals surface area contributed by atoms with Crippen LogP contribution >= 0.6 is 0 Å². The van der Waals surface area contributed by atoms with Crippen LogP contribution < -0.4 is 5.32 Å². The van der Waals surface area contributed by atoms with Gasteiger partial charge in [0.05, 0.1) is 11.6 Å². The van der Waals surface area contributed by atoms with Crippen molar-refractivity contribution in [2.24, 2.45) is 5.92 Å². The molecule has 0 spiro atoms. The van der Waals surface area contributed by atoms with Gasteiger partial charge < -0.3 is 15.2 Å². The minimum Gasteiger partial charge on any atom is -0.349 e. The maximum atomic E-state index is 13.3. The van der Waals surface area contributed by atoms with Gasteiger partial charge in [0, 0.05) is 37.1 Å². The van der Waals surface area contributed by atoms with Gasteiger partial charge in [-0.05, 0) is 37.1 Å². The lowest BCUT2D eigenvalue weighted by Crippen LogP contribution is -2.31. The number of aromatic nitrogens is 3. The maximum Gasteiger partial charge on any atom is 0.270 e. The third-order valence-corrected chi connectivity index (χ3v) is 5.19. The van der Waals surface area contributed by atoms with Crippen LogP contribution in [0.3, 0.4) is 0 Å². The average Bonchev–Trinajstić information content (AvgIpc) is 3.42. The molecule has 0 aliphatic carbocycles. The zero-order valence-corrected chi connectivity index (χ0v) is 16.5. The highest BCUT2D eigenvalue weighted by atomic mass is 19.2. The Bertz CT molecular complexity index is 1140. The summed E-state index contributed by atoms with van der Waals surface area (Å²) >= 11 is 0. The molecule has 2 N–H and O–H groups in total. The van der Waals surface area contributed by atoms with E-state index in [1.54, 1.807) is 18.3 Å². The molecule has 1 atom stereocenters. The number of nitrogens with one attached hydrogen (secondary N) is 2. The quantitative estimate of drug-likeness (QED) is 0.623.